The first-order valence-electron chi connectivity index (χ1n) is 6.36. The van der Waals surface area contributed by atoms with Gasteiger partial charge in [-0.3, -0.25) is 9.20 Å². The lowest BCUT2D eigenvalue weighted by atomic mass is 10.1. The maximum absolute atomic E-state index is 11.3. The third kappa shape index (κ3) is 2.27. The number of hydrogen-bond donors (Lipinski definition) is 0. The van der Waals surface area contributed by atoms with E-state index in [9.17, 15) is 4.79 Å². The molecule has 0 amide bonds. The maximum atomic E-state index is 11.3. The molecule has 0 aromatic carbocycles. The van der Waals surface area contributed by atoms with E-state index < -0.39 is 0 Å². The fourth-order valence-electron chi connectivity index (χ4n) is 2.00. The average molecular weight is 265 g/mol. The van der Waals surface area contributed by atoms with Gasteiger partial charge in [-0.1, -0.05) is 20.3 Å². The molecule has 0 radical (unpaired) electrons. The van der Waals surface area contributed by atoms with E-state index in [-0.39, 0.29) is 0 Å². The van der Waals surface area contributed by atoms with Gasteiger partial charge in [0.25, 0.3) is 0 Å². The summed E-state index contributed by atoms with van der Waals surface area (Å²) in [5, 5.41) is 1.95. The van der Waals surface area contributed by atoms with Crippen molar-refractivity contribution in [2.24, 2.45) is 5.92 Å². The standard InChI is InChI=1S/C13H19N3OS/c1-4-10(3)8-15(5-2)12-11(9-17)16-6-7-18-13(16)14-12/h6-7,9-10H,4-5,8H2,1-3H3. The van der Waals surface area contributed by atoms with Crippen LogP contribution < -0.4 is 4.90 Å². The molecule has 0 aliphatic carbocycles. The molecule has 0 spiro atoms. The molecule has 0 N–H and O–H groups in total. The summed E-state index contributed by atoms with van der Waals surface area (Å²) in [5.74, 6) is 1.42. The fraction of sp³-hybridized carbons (Fsp3) is 0.538. The predicted molar refractivity (Wildman–Crippen MR) is 75.8 cm³/mol. The molecule has 2 aromatic rings. The van der Waals surface area contributed by atoms with Gasteiger partial charge in [-0.25, -0.2) is 4.98 Å². The number of thiazole rings is 1. The minimum Gasteiger partial charge on any atom is -0.355 e. The number of aldehydes is 1. The molecule has 0 saturated heterocycles. The van der Waals surface area contributed by atoms with E-state index in [0.29, 0.717) is 11.6 Å². The van der Waals surface area contributed by atoms with Crippen molar-refractivity contribution in [1.82, 2.24) is 9.38 Å². The van der Waals surface area contributed by atoms with Gasteiger partial charge in [-0.05, 0) is 12.8 Å². The van der Waals surface area contributed by atoms with Gasteiger partial charge in [0.1, 0.15) is 5.69 Å². The summed E-state index contributed by atoms with van der Waals surface area (Å²) in [6.45, 7) is 8.33. The summed E-state index contributed by atoms with van der Waals surface area (Å²) < 4.78 is 1.87. The monoisotopic (exact) mass is 265 g/mol. The number of fused-ring (bicyclic) bond motifs is 1. The molecule has 0 aliphatic heterocycles. The second-order valence-corrected chi connectivity index (χ2v) is 5.42. The zero-order valence-corrected chi connectivity index (χ0v) is 11.9. The van der Waals surface area contributed by atoms with E-state index in [1.807, 2.05) is 16.0 Å². The molecular formula is C13H19N3OS. The highest BCUT2D eigenvalue weighted by molar-refractivity contribution is 7.15. The van der Waals surface area contributed by atoms with Gasteiger partial charge in [0.15, 0.2) is 17.1 Å². The molecule has 2 heterocycles. The minimum absolute atomic E-state index is 0.601. The van der Waals surface area contributed by atoms with Crippen LogP contribution in [0.1, 0.15) is 37.7 Å². The number of carbonyl (C=O) groups is 1. The van der Waals surface area contributed by atoms with Crippen LogP contribution in [0.4, 0.5) is 5.82 Å². The van der Waals surface area contributed by atoms with E-state index in [1.54, 1.807) is 11.3 Å². The number of imidazole rings is 1. The minimum atomic E-state index is 0.601. The lowest BCUT2D eigenvalue weighted by Gasteiger charge is -2.24. The summed E-state index contributed by atoms with van der Waals surface area (Å²) in [7, 11) is 0. The van der Waals surface area contributed by atoms with Gasteiger partial charge < -0.3 is 4.90 Å². The van der Waals surface area contributed by atoms with E-state index in [1.165, 1.54) is 0 Å². The van der Waals surface area contributed by atoms with Gasteiger partial charge in [0.2, 0.25) is 0 Å². The van der Waals surface area contributed by atoms with Crippen LogP contribution in [0.3, 0.4) is 0 Å². The quantitative estimate of drug-likeness (QED) is 0.753. The van der Waals surface area contributed by atoms with Gasteiger partial charge in [0, 0.05) is 24.7 Å². The van der Waals surface area contributed by atoms with Crippen LogP contribution in [-0.4, -0.2) is 28.8 Å². The lowest BCUT2D eigenvalue weighted by molar-refractivity contribution is 0.111. The third-order valence-electron chi connectivity index (χ3n) is 3.30. The molecule has 0 fully saturated rings. The summed E-state index contributed by atoms with van der Waals surface area (Å²) in [6, 6.07) is 0. The Morgan fingerprint density at radius 3 is 2.94 bits per heavy atom. The summed E-state index contributed by atoms with van der Waals surface area (Å²) >= 11 is 1.56. The summed E-state index contributed by atoms with van der Waals surface area (Å²) in [6.07, 6.45) is 3.94. The van der Waals surface area contributed by atoms with Crippen LogP contribution in [0, 0.1) is 5.92 Å². The third-order valence-corrected chi connectivity index (χ3v) is 4.06. The van der Waals surface area contributed by atoms with Crippen molar-refractivity contribution in [1.29, 1.82) is 0 Å². The Morgan fingerprint density at radius 2 is 2.33 bits per heavy atom. The number of carbonyl (C=O) groups excluding carboxylic acids is 1. The summed E-state index contributed by atoms with van der Waals surface area (Å²) in [4.78, 5) is 18.9. The van der Waals surface area contributed by atoms with E-state index in [4.69, 9.17) is 0 Å². The van der Waals surface area contributed by atoms with Crippen LogP contribution >= 0.6 is 11.3 Å². The Kier molecular flexibility index (Phi) is 4.01. The number of aromatic nitrogens is 2. The SMILES string of the molecule is CCC(C)CN(CC)c1nc2sccn2c1C=O. The Labute approximate surface area is 111 Å². The van der Waals surface area contributed by atoms with Gasteiger partial charge in [0.05, 0.1) is 0 Å². The molecule has 5 heteroatoms. The van der Waals surface area contributed by atoms with Crippen molar-refractivity contribution in [2.75, 3.05) is 18.0 Å². The first kappa shape index (κ1) is 13.1. The first-order chi connectivity index (χ1) is 8.71. The second-order valence-electron chi connectivity index (χ2n) is 4.55. The van der Waals surface area contributed by atoms with Crippen molar-refractivity contribution in [3.05, 3.63) is 17.3 Å². The maximum Gasteiger partial charge on any atom is 0.196 e. The van der Waals surface area contributed by atoms with E-state index >= 15 is 0 Å². The second kappa shape index (κ2) is 5.52. The van der Waals surface area contributed by atoms with Gasteiger partial charge in [-0.2, -0.15) is 0 Å². The van der Waals surface area contributed by atoms with Gasteiger partial charge >= 0.3 is 0 Å². The zero-order valence-electron chi connectivity index (χ0n) is 11.1. The molecule has 1 atom stereocenters. The van der Waals surface area contributed by atoms with Crippen molar-refractivity contribution in [3.63, 3.8) is 0 Å². The Hall–Kier alpha value is -1.36. The Bertz CT molecular complexity index is 531. The first-order valence-corrected chi connectivity index (χ1v) is 7.24. The fourth-order valence-corrected chi connectivity index (χ4v) is 2.72. The highest BCUT2D eigenvalue weighted by Gasteiger charge is 2.18. The molecule has 18 heavy (non-hydrogen) atoms. The van der Waals surface area contributed by atoms with Crippen molar-refractivity contribution in [3.8, 4) is 0 Å². The highest BCUT2D eigenvalue weighted by atomic mass is 32.1. The molecule has 0 saturated carbocycles. The normalized spacial score (nSPS) is 12.8. The van der Waals surface area contributed by atoms with Crippen LogP contribution in [0.5, 0.6) is 0 Å². The van der Waals surface area contributed by atoms with Crippen LogP contribution in [0.25, 0.3) is 4.96 Å². The molecular weight excluding hydrogens is 246 g/mol. The highest BCUT2D eigenvalue weighted by Crippen LogP contribution is 2.24. The Morgan fingerprint density at radius 1 is 1.56 bits per heavy atom. The molecule has 1 unspecified atom stereocenters. The summed E-state index contributed by atoms with van der Waals surface area (Å²) in [5.41, 5.74) is 0.663. The molecule has 0 aliphatic rings. The average Bonchev–Trinajstić information content (AvgIpc) is 2.95. The number of hydrogen-bond acceptors (Lipinski definition) is 4. The van der Waals surface area contributed by atoms with E-state index in [2.05, 4.69) is 30.7 Å². The largest absolute Gasteiger partial charge is 0.355 e. The predicted octanol–water partition coefficient (Wildman–Crippen LogP) is 3.08. The molecule has 2 aromatic heterocycles. The van der Waals surface area contributed by atoms with Crippen molar-refractivity contribution >= 4 is 28.4 Å². The number of rotatable bonds is 6. The van der Waals surface area contributed by atoms with Crippen LogP contribution in [0.15, 0.2) is 11.6 Å². The van der Waals surface area contributed by atoms with Crippen molar-refractivity contribution < 1.29 is 4.79 Å². The number of nitrogens with zero attached hydrogens (tertiary/aromatic N) is 3. The molecule has 0 bridgehead atoms. The topological polar surface area (TPSA) is 37.6 Å². The molecule has 2 rings (SSSR count). The van der Waals surface area contributed by atoms with Crippen LogP contribution in [0.2, 0.25) is 0 Å². The van der Waals surface area contributed by atoms with E-state index in [0.717, 1.165) is 36.6 Å². The smallest absolute Gasteiger partial charge is 0.196 e. The Balaban J connectivity index is 2.37. The van der Waals surface area contributed by atoms with Crippen molar-refractivity contribution in [2.45, 2.75) is 27.2 Å². The molecule has 4 nitrogen and oxygen atoms in total. The van der Waals surface area contributed by atoms with Gasteiger partial charge in [-0.15, -0.1) is 11.3 Å². The lowest BCUT2D eigenvalue weighted by Crippen LogP contribution is -2.29. The van der Waals surface area contributed by atoms with Crippen LogP contribution in [-0.2, 0) is 0 Å². The zero-order chi connectivity index (χ0) is 13.1. The molecule has 98 valence electrons. The number of anilines is 1.